The summed E-state index contributed by atoms with van der Waals surface area (Å²) in [6.07, 6.45) is 6.81. The lowest BCUT2D eigenvalue weighted by molar-refractivity contribution is 0.249. The Hall–Kier alpha value is -3.19. The SMILES string of the molecule is c1cc2occc2c(N2CCN(Cc3ccc(-n4cncn4)cc3)CC2)n1. The molecule has 4 aromatic rings. The molecule has 1 aliphatic heterocycles. The number of hydrogen-bond donors (Lipinski definition) is 0. The number of pyridine rings is 1. The number of hydrogen-bond acceptors (Lipinski definition) is 6. The molecule has 3 aromatic heterocycles. The van der Waals surface area contributed by atoms with Crippen LogP contribution in [0.25, 0.3) is 16.7 Å². The summed E-state index contributed by atoms with van der Waals surface area (Å²) in [6, 6.07) is 12.4. The topological polar surface area (TPSA) is 63.2 Å². The van der Waals surface area contributed by atoms with E-state index in [0.29, 0.717) is 0 Å². The molecule has 5 rings (SSSR count). The Bertz CT molecular complexity index is 1020. The smallest absolute Gasteiger partial charge is 0.139 e. The predicted octanol–water partition coefficient (Wildman–Crippen LogP) is 2.73. The molecular weight excluding hydrogens is 340 g/mol. The Kier molecular flexibility index (Phi) is 4.06. The van der Waals surface area contributed by atoms with Gasteiger partial charge in [0, 0.05) is 38.9 Å². The van der Waals surface area contributed by atoms with Crippen LogP contribution in [0.5, 0.6) is 0 Å². The van der Waals surface area contributed by atoms with Crippen molar-refractivity contribution in [1.29, 1.82) is 0 Å². The predicted molar refractivity (Wildman–Crippen MR) is 103 cm³/mol. The molecule has 0 aliphatic carbocycles. The van der Waals surface area contributed by atoms with Gasteiger partial charge in [-0.15, -0.1) is 0 Å². The minimum Gasteiger partial charge on any atom is -0.464 e. The lowest BCUT2D eigenvalue weighted by Gasteiger charge is -2.35. The Labute approximate surface area is 156 Å². The molecule has 136 valence electrons. The van der Waals surface area contributed by atoms with Gasteiger partial charge in [0.05, 0.1) is 17.3 Å². The number of rotatable bonds is 4. The van der Waals surface area contributed by atoms with Crippen molar-refractivity contribution in [2.24, 2.45) is 0 Å². The van der Waals surface area contributed by atoms with Gasteiger partial charge in [0.2, 0.25) is 0 Å². The van der Waals surface area contributed by atoms with E-state index < -0.39 is 0 Å². The number of anilines is 1. The molecular formula is C20H20N6O. The third kappa shape index (κ3) is 3.17. The van der Waals surface area contributed by atoms with E-state index >= 15 is 0 Å². The third-order valence-corrected chi connectivity index (χ3v) is 5.06. The number of piperazine rings is 1. The molecule has 0 amide bonds. The first-order valence-corrected chi connectivity index (χ1v) is 9.10. The van der Waals surface area contributed by atoms with Crippen molar-refractivity contribution in [3.8, 4) is 5.69 Å². The average Bonchev–Trinajstić information content (AvgIpc) is 3.41. The van der Waals surface area contributed by atoms with Crippen molar-refractivity contribution in [3.05, 3.63) is 67.1 Å². The second-order valence-corrected chi connectivity index (χ2v) is 6.74. The highest BCUT2D eigenvalue weighted by Gasteiger charge is 2.20. The van der Waals surface area contributed by atoms with Crippen LogP contribution in [-0.2, 0) is 6.54 Å². The van der Waals surface area contributed by atoms with Crippen LogP contribution in [0, 0.1) is 0 Å². The van der Waals surface area contributed by atoms with E-state index in [-0.39, 0.29) is 0 Å². The van der Waals surface area contributed by atoms with Gasteiger partial charge in [0.15, 0.2) is 0 Å². The molecule has 0 atom stereocenters. The zero-order valence-corrected chi connectivity index (χ0v) is 14.9. The van der Waals surface area contributed by atoms with E-state index in [1.54, 1.807) is 23.6 Å². The third-order valence-electron chi connectivity index (χ3n) is 5.06. The van der Waals surface area contributed by atoms with Gasteiger partial charge in [-0.25, -0.2) is 14.6 Å². The first kappa shape index (κ1) is 16.0. The summed E-state index contributed by atoms with van der Waals surface area (Å²) >= 11 is 0. The van der Waals surface area contributed by atoms with E-state index in [2.05, 4.69) is 49.1 Å². The Morgan fingerprint density at radius 1 is 0.963 bits per heavy atom. The molecule has 4 heterocycles. The normalized spacial score (nSPS) is 15.5. The lowest BCUT2D eigenvalue weighted by atomic mass is 10.1. The number of aromatic nitrogens is 4. The van der Waals surface area contributed by atoms with Gasteiger partial charge in [-0.1, -0.05) is 12.1 Å². The van der Waals surface area contributed by atoms with Crippen LogP contribution in [0.2, 0.25) is 0 Å². The molecule has 0 spiro atoms. The zero-order chi connectivity index (χ0) is 18.1. The monoisotopic (exact) mass is 360 g/mol. The molecule has 0 bridgehead atoms. The van der Waals surface area contributed by atoms with E-state index in [1.165, 1.54) is 5.56 Å². The zero-order valence-electron chi connectivity index (χ0n) is 14.9. The maximum atomic E-state index is 5.50. The summed E-state index contributed by atoms with van der Waals surface area (Å²) in [6.45, 7) is 4.92. The lowest BCUT2D eigenvalue weighted by Crippen LogP contribution is -2.46. The van der Waals surface area contributed by atoms with E-state index in [0.717, 1.165) is 55.2 Å². The molecule has 7 heteroatoms. The molecule has 1 fully saturated rings. The molecule has 0 N–H and O–H groups in total. The molecule has 7 nitrogen and oxygen atoms in total. The highest BCUT2D eigenvalue weighted by molar-refractivity contribution is 5.88. The molecule has 1 aromatic carbocycles. The maximum Gasteiger partial charge on any atom is 0.139 e. The van der Waals surface area contributed by atoms with Crippen LogP contribution in [-0.4, -0.2) is 50.8 Å². The molecule has 27 heavy (non-hydrogen) atoms. The standard InChI is InChI=1S/C20H20N6O/c1-3-17(26-15-21-14-23-26)4-2-16(1)13-24-8-10-25(11-9-24)20-18-6-12-27-19(18)5-7-22-20/h1-7,12,14-15H,8-11,13H2. The fourth-order valence-electron chi connectivity index (χ4n) is 3.60. The van der Waals surface area contributed by atoms with Crippen LogP contribution in [0.3, 0.4) is 0 Å². The average molecular weight is 360 g/mol. The van der Waals surface area contributed by atoms with Crippen molar-refractivity contribution in [1.82, 2.24) is 24.6 Å². The van der Waals surface area contributed by atoms with Gasteiger partial charge in [-0.05, 0) is 29.8 Å². The summed E-state index contributed by atoms with van der Waals surface area (Å²) in [5.41, 5.74) is 3.23. The first-order chi connectivity index (χ1) is 13.4. The van der Waals surface area contributed by atoms with Crippen molar-refractivity contribution in [2.75, 3.05) is 31.1 Å². The van der Waals surface area contributed by atoms with Crippen LogP contribution in [0.4, 0.5) is 5.82 Å². The van der Waals surface area contributed by atoms with Crippen LogP contribution in [0.1, 0.15) is 5.56 Å². The fraction of sp³-hybridized carbons (Fsp3) is 0.250. The van der Waals surface area contributed by atoms with Crippen molar-refractivity contribution < 1.29 is 4.42 Å². The Morgan fingerprint density at radius 2 is 1.81 bits per heavy atom. The second-order valence-electron chi connectivity index (χ2n) is 6.74. The summed E-state index contributed by atoms with van der Waals surface area (Å²) in [5, 5.41) is 5.26. The van der Waals surface area contributed by atoms with Gasteiger partial charge in [-0.3, -0.25) is 4.90 Å². The largest absolute Gasteiger partial charge is 0.464 e. The Morgan fingerprint density at radius 3 is 2.59 bits per heavy atom. The summed E-state index contributed by atoms with van der Waals surface area (Å²) in [7, 11) is 0. The van der Waals surface area contributed by atoms with Gasteiger partial charge in [0.1, 0.15) is 24.1 Å². The van der Waals surface area contributed by atoms with Gasteiger partial charge in [0.25, 0.3) is 0 Å². The summed E-state index contributed by atoms with van der Waals surface area (Å²) in [5.74, 6) is 1.03. The van der Waals surface area contributed by atoms with Gasteiger partial charge >= 0.3 is 0 Å². The first-order valence-electron chi connectivity index (χ1n) is 9.10. The highest BCUT2D eigenvalue weighted by Crippen LogP contribution is 2.26. The molecule has 1 aliphatic rings. The summed E-state index contributed by atoms with van der Waals surface area (Å²) in [4.78, 5) is 13.4. The van der Waals surface area contributed by atoms with E-state index in [9.17, 15) is 0 Å². The second kappa shape index (κ2) is 6.85. The minimum absolute atomic E-state index is 0.898. The van der Waals surface area contributed by atoms with E-state index in [4.69, 9.17) is 4.42 Å². The van der Waals surface area contributed by atoms with Crippen molar-refractivity contribution in [2.45, 2.75) is 6.54 Å². The van der Waals surface area contributed by atoms with Crippen LogP contribution in [0.15, 0.2) is 65.9 Å². The fourth-order valence-corrected chi connectivity index (χ4v) is 3.60. The number of fused-ring (bicyclic) bond motifs is 1. The van der Waals surface area contributed by atoms with Gasteiger partial charge in [-0.2, -0.15) is 5.10 Å². The molecule has 0 unspecified atom stereocenters. The number of benzene rings is 1. The Balaban J connectivity index is 1.23. The van der Waals surface area contributed by atoms with Crippen LogP contribution < -0.4 is 4.90 Å². The van der Waals surface area contributed by atoms with Crippen LogP contribution >= 0.6 is 0 Å². The highest BCUT2D eigenvalue weighted by atomic mass is 16.3. The van der Waals surface area contributed by atoms with Crippen molar-refractivity contribution >= 4 is 16.8 Å². The molecule has 0 radical (unpaired) electrons. The number of nitrogens with zero attached hydrogens (tertiary/aromatic N) is 6. The minimum atomic E-state index is 0.898. The van der Waals surface area contributed by atoms with Gasteiger partial charge < -0.3 is 9.32 Å². The molecule has 1 saturated heterocycles. The molecule has 0 saturated carbocycles. The summed E-state index contributed by atoms with van der Waals surface area (Å²) < 4.78 is 7.27. The quantitative estimate of drug-likeness (QED) is 0.558. The number of furan rings is 1. The van der Waals surface area contributed by atoms with Crippen molar-refractivity contribution in [3.63, 3.8) is 0 Å². The van der Waals surface area contributed by atoms with E-state index in [1.807, 2.05) is 18.3 Å². The maximum absolute atomic E-state index is 5.50.